The zero-order chi connectivity index (χ0) is 21.5. The lowest BCUT2D eigenvalue weighted by Gasteiger charge is -2.23. The van der Waals surface area contributed by atoms with E-state index in [1.807, 2.05) is 49.1 Å². The van der Waals surface area contributed by atoms with Gasteiger partial charge in [-0.2, -0.15) is 0 Å². The van der Waals surface area contributed by atoms with Gasteiger partial charge >= 0.3 is 0 Å². The Balaban J connectivity index is 1.56. The molecule has 0 bridgehead atoms. The number of nitrogens with one attached hydrogen (secondary N) is 1. The molecule has 3 aromatic carbocycles. The number of hydrogen-bond donors (Lipinski definition) is 1. The highest BCUT2D eigenvalue weighted by Gasteiger charge is 2.31. The second-order valence-electron chi connectivity index (χ2n) is 7.81. The lowest BCUT2D eigenvalue weighted by atomic mass is 10.1. The molecule has 30 heavy (non-hydrogen) atoms. The molecular formula is C24H24N2O3S. The van der Waals surface area contributed by atoms with E-state index in [2.05, 4.69) is 4.72 Å². The van der Waals surface area contributed by atoms with Gasteiger partial charge in [-0.05, 0) is 80.3 Å². The first kappa shape index (κ1) is 20.2. The van der Waals surface area contributed by atoms with Crippen LogP contribution < -0.4 is 9.62 Å². The van der Waals surface area contributed by atoms with Crippen molar-refractivity contribution in [1.29, 1.82) is 0 Å². The maximum absolute atomic E-state index is 13.1. The van der Waals surface area contributed by atoms with Gasteiger partial charge in [-0.25, -0.2) is 8.42 Å². The van der Waals surface area contributed by atoms with Crippen LogP contribution in [0, 0.1) is 13.8 Å². The molecule has 5 nitrogen and oxygen atoms in total. The van der Waals surface area contributed by atoms with E-state index in [4.69, 9.17) is 0 Å². The zero-order valence-corrected chi connectivity index (χ0v) is 18.0. The van der Waals surface area contributed by atoms with Crippen LogP contribution in [0.25, 0.3) is 0 Å². The van der Waals surface area contributed by atoms with Crippen LogP contribution >= 0.6 is 0 Å². The van der Waals surface area contributed by atoms with E-state index in [0.717, 1.165) is 23.2 Å². The van der Waals surface area contributed by atoms with Gasteiger partial charge in [-0.15, -0.1) is 0 Å². The zero-order valence-electron chi connectivity index (χ0n) is 17.2. The lowest BCUT2D eigenvalue weighted by molar-refractivity contribution is 0.0981. The molecule has 0 aromatic heterocycles. The summed E-state index contributed by atoms with van der Waals surface area (Å²) in [5, 5.41) is 0. The minimum Gasteiger partial charge on any atom is -0.305 e. The Morgan fingerprint density at radius 3 is 2.43 bits per heavy atom. The van der Waals surface area contributed by atoms with E-state index in [1.54, 1.807) is 43.3 Å². The molecule has 0 saturated heterocycles. The number of rotatable bonds is 4. The number of nitrogens with zero attached hydrogens (tertiary/aromatic N) is 1. The van der Waals surface area contributed by atoms with Gasteiger partial charge in [0.05, 0.1) is 4.90 Å². The molecule has 6 heteroatoms. The molecule has 0 saturated carbocycles. The molecule has 1 aliphatic rings. The van der Waals surface area contributed by atoms with Crippen molar-refractivity contribution in [1.82, 2.24) is 0 Å². The van der Waals surface area contributed by atoms with Gasteiger partial charge in [0.1, 0.15) is 0 Å². The number of hydrogen-bond acceptors (Lipinski definition) is 3. The number of anilines is 2. The molecule has 3 aromatic rings. The first-order chi connectivity index (χ1) is 14.3. The minimum atomic E-state index is -3.71. The summed E-state index contributed by atoms with van der Waals surface area (Å²) in [5.41, 5.74) is 4.60. The second-order valence-corrected chi connectivity index (χ2v) is 9.46. The third-order valence-corrected chi connectivity index (χ3v) is 6.97. The molecule has 154 valence electrons. The molecule has 1 atom stereocenters. The number of aryl methyl sites for hydroxylation is 2. The van der Waals surface area contributed by atoms with Crippen LogP contribution in [0.15, 0.2) is 71.6 Å². The first-order valence-electron chi connectivity index (χ1n) is 9.88. The Hall–Kier alpha value is -3.12. The molecule has 1 heterocycles. The van der Waals surface area contributed by atoms with Crippen molar-refractivity contribution in [2.24, 2.45) is 0 Å². The van der Waals surface area contributed by atoms with Crippen molar-refractivity contribution >= 4 is 27.3 Å². The Labute approximate surface area is 177 Å². The van der Waals surface area contributed by atoms with Crippen molar-refractivity contribution in [3.63, 3.8) is 0 Å². The number of benzene rings is 3. The lowest BCUT2D eigenvalue weighted by Crippen LogP contribution is -2.35. The van der Waals surface area contributed by atoms with Crippen molar-refractivity contribution < 1.29 is 13.2 Å². The first-order valence-corrected chi connectivity index (χ1v) is 11.4. The average Bonchev–Trinajstić information content (AvgIpc) is 3.05. The van der Waals surface area contributed by atoms with Crippen LogP contribution in [0.1, 0.15) is 34.0 Å². The number of fused-ring (bicyclic) bond motifs is 1. The minimum absolute atomic E-state index is 0.0809. The molecule has 1 aliphatic heterocycles. The maximum Gasteiger partial charge on any atom is 0.262 e. The monoisotopic (exact) mass is 420 g/mol. The summed E-state index contributed by atoms with van der Waals surface area (Å²) in [7, 11) is -3.71. The van der Waals surface area contributed by atoms with Crippen LogP contribution in [0.5, 0.6) is 0 Å². The quantitative estimate of drug-likeness (QED) is 0.666. The van der Waals surface area contributed by atoms with Gasteiger partial charge in [0.15, 0.2) is 0 Å². The number of amides is 1. The van der Waals surface area contributed by atoms with E-state index < -0.39 is 10.0 Å². The summed E-state index contributed by atoms with van der Waals surface area (Å²) in [6.07, 6.45) is 0.829. The number of para-hydroxylation sites is 1. The van der Waals surface area contributed by atoms with Gasteiger partial charge in [-0.1, -0.05) is 30.3 Å². The number of carbonyl (C=O) groups excluding carboxylic acids is 1. The van der Waals surface area contributed by atoms with Crippen molar-refractivity contribution in [3.05, 3.63) is 89.0 Å². The van der Waals surface area contributed by atoms with E-state index in [-0.39, 0.29) is 16.8 Å². The van der Waals surface area contributed by atoms with Gasteiger partial charge in [-0.3, -0.25) is 9.52 Å². The standard InChI is InChI=1S/C24H24N2O3S/c1-16-8-9-17(2)23(14-16)30(28,29)25-21-12-10-19(11-13-21)24(27)26-18(3)15-20-6-4-5-7-22(20)26/h4-14,18,25H,15H2,1-3H3. The predicted molar refractivity (Wildman–Crippen MR) is 120 cm³/mol. The topological polar surface area (TPSA) is 66.5 Å². The summed E-state index contributed by atoms with van der Waals surface area (Å²) in [6, 6.07) is 19.9. The van der Waals surface area contributed by atoms with Crippen molar-refractivity contribution in [2.75, 3.05) is 9.62 Å². The van der Waals surface area contributed by atoms with Crippen LogP contribution in [-0.2, 0) is 16.4 Å². The fraction of sp³-hybridized carbons (Fsp3) is 0.208. The largest absolute Gasteiger partial charge is 0.305 e. The van der Waals surface area contributed by atoms with Gasteiger partial charge in [0.2, 0.25) is 0 Å². The van der Waals surface area contributed by atoms with Crippen LogP contribution in [0.4, 0.5) is 11.4 Å². The molecular weight excluding hydrogens is 396 g/mol. The van der Waals surface area contributed by atoms with E-state index >= 15 is 0 Å². The summed E-state index contributed by atoms with van der Waals surface area (Å²) in [4.78, 5) is 15.2. The average molecular weight is 421 g/mol. The third kappa shape index (κ3) is 3.71. The molecule has 0 fully saturated rings. The summed E-state index contributed by atoms with van der Waals surface area (Å²) < 4.78 is 28.2. The molecule has 0 aliphatic carbocycles. The number of sulfonamides is 1. The van der Waals surface area contributed by atoms with Gasteiger partial charge in [0.25, 0.3) is 15.9 Å². The predicted octanol–water partition coefficient (Wildman–Crippen LogP) is 4.70. The molecule has 1 unspecified atom stereocenters. The smallest absolute Gasteiger partial charge is 0.262 e. The fourth-order valence-corrected chi connectivity index (χ4v) is 5.29. The van der Waals surface area contributed by atoms with E-state index in [1.165, 1.54) is 0 Å². The maximum atomic E-state index is 13.1. The molecule has 1 N–H and O–H groups in total. The molecule has 0 radical (unpaired) electrons. The van der Waals surface area contributed by atoms with E-state index in [0.29, 0.717) is 16.8 Å². The van der Waals surface area contributed by atoms with Gasteiger partial charge < -0.3 is 4.90 Å². The molecule has 4 rings (SSSR count). The Kier molecular flexibility index (Phi) is 5.12. The second kappa shape index (κ2) is 7.61. The van der Waals surface area contributed by atoms with Crippen molar-refractivity contribution in [2.45, 2.75) is 38.1 Å². The highest BCUT2D eigenvalue weighted by atomic mass is 32.2. The summed E-state index contributed by atoms with van der Waals surface area (Å²) >= 11 is 0. The third-order valence-electron chi connectivity index (χ3n) is 5.44. The Morgan fingerprint density at radius 1 is 1.00 bits per heavy atom. The van der Waals surface area contributed by atoms with Gasteiger partial charge in [0, 0.05) is 23.0 Å². The normalized spacial score (nSPS) is 15.7. The van der Waals surface area contributed by atoms with Crippen LogP contribution in [-0.4, -0.2) is 20.4 Å². The Bertz CT molecular complexity index is 1220. The van der Waals surface area contributed by atoms with Crippen molar-refractivity contribution in [3.8, 4) is 0 Å². The fourth-order valence-electron chi connectivity index (χ4n) is 3.90. The van der Waals surface area contributed by atoms with E-state index in [9.17, 15) is 13.2 Å². The van der Waals surface area contributed by atoms with Crippen LogP contribution in [0.2, 0.25) is 0 Å². The highest BCUT2D eigenvalue weighted by molar-refractivity contribution is 7.92. The van der Waals surface area contributed by atoms with Crippen LogP contribution in [0.3, 0.4) is 0 Å². The number of carbonyl (C=O) groups is 1. The SMILES string of the molecule is Cc1ccc(C)c(S(=O)(=O)Nc2ccc(C(=O)N3c4ccccc4CC3C)cc2)c1. The highest BCUT2D eigenvalue weighted by Crippen LogP contribution is 2.33. The molecule has 1 amide bonds. The Morgan fingerprint density at radius 2 is 1.70 bits per heavy atom. The summed E-state index contributed by atoms with van der Waals surface area (Å²) in [5.74, 6) is -0.0867. The molecule has 0 spiro atoms. The summed E-state index contributed by atoms with van der Waals surface area (Å²) in [6.45, 7) is 5.66.